The topological polar surface area (TPSA) is 61.8 Å². The van der Waals surface area contributed by atoms with Gasteiger partial charge < -0.3 is 9.53 Å². The van der Waals surface area contributed by atoms with E-state index in [1.54, 1.807) is 6.92 Å². The third-order valence-electron chi connectivity index (χ3n) is 5.25. The van der Waals surface area contributed by atoms with Crippen LogP contribution in [0.3, 0.4) is 0 Å². The minimum atomic E-state index is -0.954. The molecular formula is C17H18O5. The van der Waals surface area contributed by atoms with Crippen LogP contribution in [0.15, 0.2) is 30.3 Å². The molecule has 5 heteroatoms. The van der Waals surface area contributed by atoms with Gasteiger partial charge in [-0.25, -0.2) is 4.89 Å². The standard InChI is InChI=1S/C17H18O5/c1-10(19)14-12(9-18)7-13-15(14)17(20-16(13)21-22-17)8-11-5-3-2-4-6-11/h2-6,9,12-16H,7-8H2,1H3/t12-,13-,14+,15-,16-,17+/m1/s1. The molecule has 0 unspecified atom stereocenters. The molecule has 0 spiro atoms. The molecule has 1 aromatic carbocycles. The maximum Gasteiger partial charge on any atom is 0.212 e. The average molecular weight is 302 g/mol. The van der Waals surface area contributed by atoms with Crippen molar-refractivity contribution in [2.24, 2.45) is 23.7 Å². The van der Waals surface area contributed by atoms with Crippen LogP contribution in [0, 0.1) is 23.7 Å². The first-order valence-corrected chi connectivity index (χ1v) is 7.66. The Morgan fingerprint density at radius 3 is 2.82 bits per heavy atom. The summed E-state index contributed by atoms with van der Waals surface area (Å²) in [7, 11) is 0. The number of ether oxygens (including phenoxy) is 1. The van der Waals surface area contributed by atoms with Gasteiger partial charge in [-0.15, -0.1) is 0 Å². The van der Waals surface area contributed by atoms with Gasteiger partial charge in [0, 0.05) is 30.1 Å². The van der Waals surface area contributed by atoms with Gasteiger partial charge in [-0.1, -0.05) is 30.3 Å². The Morgan fingerprint density at radius 2 is 2.14 bits per heavy atom. The number of rotatable bonds is 4. The Bertz CT molecular complexity index is 600. The predicted octanol–water partition coefficient (Wildman–Crippen LogP) is 1.90. The molecule has 3 aliphatic rings. The lowest BCUT2D eigenvalue weighted by atomic mass is 9.78. The van der Waals surface area contributed by atoms with E-state index in [4.69, 9.17) is 14.5 Å². The van der Waals surface area contributed by atoms with Crippen molar-refractivity contribution in [1.29, 1.82) is 0 Å². The lowest BCUT2D eigenvalue weighted by Gasteiger charge is -2.34. The molecule has 6 atom stereocenters. The normalized spacial score (nSPS) is 42.3. The molecule has 22 heavy (non-hydrogen) atoms. The maximum absolute atomic E-state index is 12.1. The van der Waals surface area contributed by atoms with Crippen LogP contribution < -0.4 is 0 Å². The molecule has 4 rings (SSSR count). The van der Waals surface area contributed by atoms with Gasteiger partial charge in [0.15, 0.2) is 6.29 Å². The zero-order chi connectivity index (χ0) is 15.3. The second kappa shape index (κ2) is 4.98. The molecule has 0 radical (unpaired) electrons. The van der Waals surface area contributed by atoms with Crippen LogP contribution in [0.5, 0.6) is 0 Å². The van der Waals surface area contributed by atoms with Crippen molar-refractivity contribution in [3.05, 3.63) is 35.9 Å². The highest BCUT2D eigenvalue weighted by Crippen LogP contribution is 2.60. The van der Waals surface area contributed by atoms with Gasteiger partial charge in [0.1, 0.15) is 12.1 Å². The SMILES string of the molecule is CC(=O)[C@@H]1[C@H]2[C@@H](C[C@@H]1C=O)[C@H]1OO[C@]2(Cc2ccccc2)O1. The minimum Gasteiger partial charge on any atom is -0.314 e. The van der Waals surface area contributed by atoms with E-state index in [9.17, 15) is 9.59 Å². The zero-order valence-electron chi connectivity index (χ0n) is 12.3. The summed E-state index contributed by atoms with van der Waals surface area (Å²) in [5, 5.41) is 0. The number of hydrogen-bond donors (Lipinski definition) is 0. The van der Waals surface area contributed by atoms with Crippen LogP contribution >= 0.6 is 0 Å². The molecule has 0 aromatic heterocycles. The summed E-state index contributed by atoms with van der Waals surface area (Å²) in [4.78, 5) is 34.3. The summed E-state index contributed by atoms with van der Waals surface area (Å²) >= 11 is 0. The molecule has 0 amide bonds. The fraction of sp³-hybridized carbons (Fsp3) is 0.529. The highest BCUT2D eigenvalue weighted by molar-refractivity contribution is 5.83. The fourth-order valence-electron chi connectivity index (χ4n) is 4.44. The first-order chi connectivity index (χ1) is 10.6. The Kier molecular flexibility index (Phi) is 3.18. The maximum atomic E-state index is 12.1. The summed E-state index contributed by atoms with van der Waals surface area (Å²) in [6.07, 6.45) is 1.57. The molecule has 2 aliphatic heterocycles. The number of Topliss-reactive ketones (excluding diaryl/α,β-unsaturated/α-hetero) is 1. The third kappa shape index (κ3) is 1.89. The number of benzene rings is 1. The number of hydrogen-bond acceptors (Lipinski definition) is 5. The smallest absolute Gasteiger partial charge is 0.212 e. The number of ketones is 1. The average Bonchev–Trinajstić information content (AvgIpc) is 3.16. The Balaban J connectivity index is 1.70. The van der Waals surface area contributed by atoms with Crippen LogP contribution in [0.4, 0.5) is 0 Å². The summed E-state index contributed by atoms with van der Waals surface area (Å²) in [5.74, 6) is -1.62. The van der Waals surface area contributed by atoms with Crippen LogP contribution in [-0.2, 0) is 30.5 Å². The summed E-state index contributed by atoms with van der Waals surface area (Å²) in [6.45, 7) is 1.55. The predicted molar refractivity (Wildman–Crippen MR) is 75.2 cm³/mol. The van der Waals surface area contributed by atoms with Crippen molar-refractivity contribution in [3.8, 4) is 0 Å². The summed E-state index contributed by atoms with van der Waals surface area (Å²) < 4.78 is 5.99. The van der Waals surface area contributed by atoms with Crippen LogP contribution in [0.2, 0.25) is 0 Å². The van der Waals surface area contributed by atoms with Crippen molar-refractivity contribution in [1.82, 2.24) is 0 Å². The van der Waals surface area contributed by atoms with Crippen LogP contribution in [0.1, 0.15) is 18.9 Å². The molecule has 1 aliphatic carbocycles. The first-order valence-electron chi connectivity index (χ1n) is 7.66. The molecule has 1 saturated carbocycles. The van der Waals surface area contributed by atoms with E-state index in [0.29, 0.717) is 12.8 Å². The quantitative estimate of drug-likeness (QED) is 0.628. The molecule has 2 saturated heterocycles. The number of carbonyl (C=O) groups is 2. The molecular weight excluding hydrogens is 284 g/mol. The van der Waals surface area contributed by atoms with E-state index in [-0.39, 0.29) is 29.5 Å². The van der Waals surface area contributed by atoms with Crippen molar-refractivity contribution in [2.75, 3.05) is 0 Å². The summed E-state index contributed by atoms with van der Waals surface area (Å²) in [5.41, 5.74) is 1.06. The molecule has 5 nitrogen and oxygen atoms in total. The lowest BCUT2D eigenvalue weighted by Crippen LogP contribution is -2.45. The Labute approximate surface area is 128 Å². The third-order valence-corrected chi connectivity index (χ3v) is 5.25. The van der Waals surface area contributed by atoms with Gasteiger partial charge in [-0.2, -0.15) is 4.89 Å². The molecule has 116 valence electrons. The largest absolute Gasteiger partial charge is 0.314 e. The van der Waals surface area contributed by atoms with Gasteiger partial charge in [0.25, 0.3) is 0 Å². The van der Waals surface area contributed by atoms with Crippen molar-refractivity contribution in [2.45, 2.75) is 31.8 Å². The van der Waals surface area contributed by atoms with Gasteiger partial charge in [-0.05, 0) is 18.9 Å². The van der Waals surface area contributed by atoms with E-state index in [1.165, 1.54) is 0 Å². The molecule has 0 N–H and O–H groups in total. The molecule has 3 fully saturated rings. The van der Waals surface area contributed by atoms with E-state index in [2.05, 4.69) is 0 Å². The Morgan fingerprint density at radius 1 is 1.36 bits per heavy atom. The monoisotopic (exact) mass is 302 g/mol. The van der Waals surface area contributed by atoms with E-state index in [1.807, 2.05) is 30.3 Å². The highest BCUT2D eigenvalue weighted by Gasteiger charge is 2.69. The second-order valence-corrected chi connectivity index (χ2v) is 6.50. The first kappa shape index (κ1) is 14.1. The number of aldehydes is 1. The van der Waals surface area contributed by atoms with Gasteiger partial charge in [0.2, 0.25) is 5.79 Å². The Hall–Kier alpha value is -1.56. The van der Waals surface area contributed by atoms with Gasteiger partial charge >= 0.3 is 0 Å². The van der Waals surface area contributed by atoms with Crippen molar-refractivity contribution >= 4 is 12.1 Å². The van der Waals surface area contributed by atoms with Gasteiger partial charge in [0.05, 0.1) is 0 Å². The van der Waals surface area contributed by atoms with Crippen molar-refractivity contribution in [3.63, 3.8) is 0 Å². The van der Waals surface area contributed by atoms with E-state index in [0.717, 1.165) is 11.8 Å². The minimum absolute atomic E-state index is 0.0248. The zero-order valence-corrected chi connectivity index (χ0v) is 12.3. The lowest BCUT2D eigenvalue weighted by molar-refractivity contribution is -0.375. The van der Waals surface area contributed by atoms with Crippen molar-refractivity contribution < 1.29 is 24.1 Å². The van der Waals surface area contributed by atoms with E-state index >= 15 is 0 Å². The van der Waals surface area contributed by atoms with Crippen LogP contribution in [0.25, 0.3) is 0 Å². The van der Waals surface area contributed by atoms with Gasteiger partial charge in [-0.3, -0.25) is 4.79 Å². The van der Waals surface area contributed by atoms with Crippen LogP contribution in [-0.4, -0.2) is 24.1 Å². The van der Waals surface area contributed by atoms with E-state index < -0.39 is 12.1 Å². The molecule has 1 aromatic rings. The second-order valence-electron chi connectivity index (χ2n) is 6.50. The highest BCUT2D eigenvalue weighted by atomic mass is 17.3. The number of fused-ring (bicyclic) bond motifs is 5. The molecule has 2 heterocycles. The number of carbonyl (C=O) groups excluding carboxylic acids is 2. The molecule has 2 bridgehead atoms. The summed E-state index contributed by atoms with van der Waals surface area (Å²) in [6, 6.07) is 9.85. The fourth-order valence-corrected chi connectivity index (χ4v) is 4.44.